The Balaban J connectivity index is 1.64. The highest BCUT2D eigenvalue weighted by Crippen LogP contribution is 2.40. The Kier molecular flexibility index (Phi) is 4.04. The Bertz CT molecular complexity index is 185. The van der Waals surface area contributed by atoms with E-state index in [-0.39, 0.29) is 5.79 Å². The molecule has 2 atom stereocenters. The van der Waals surface area contributed by atoms with Crippen LogP contribution in [0.25, 0.3) is 0 Å². The fraction of sp³-hybridized carbons (Fsp3) is 1.00. The normalized spacial score (nSPS) is 35.4. The first kappa shape index (κ1) is 11.4. The molecule has 2 unspecified atom stereocenters. The van der Waals surface area contributed by atoms with Crippen molar-refractivity contribution < 1.29 is 9.47 Å². The first-order valence-corrected chi connectivity index (χ1v) is 6.66. The lowest BCUT2D eigenvalue weighted by molar-refractivity contribution is -0.199. The van der Waals surface area contributed by atoms with Crippen molar-refractivity contribution in [1.82, 2.24) is 0 Å². The SMILES string of the molecule is CCCCCCC1CCC2(CCCO2)O1. The first-order chi connectivity index (χ1) is 7.35. The van der Waals surface area contributed by atoms with Gasteiger partial charge in [-0.1, -0.05) is 32.6 Å². The van der Waals surface area contributed by atoms with Crippen molar-refractivity contribution >= 4 is 0 Å². The molecule has 0 saturated carbocycles. The Hall–Kier alpha value is -0.0800. The second-order valence-corrected chi connectivity index (χ2v) is 4.99. The van der Waals surface area contributed by atoms with Crippen LogP contribution < -0.4 is 0 Å². The minimum atomic E-state index is -0.143. The van der Waals surface area contributed by atoms with Crippen molar-refractivity contribution in [2.45, 2.75) is 76.6 Å². The summed E-state index contributed by atoms with van der Waals surface area (Å²) in [5.41, 5.74) is 0. The summed E-state index contributed by atoms with van der Waals surface area (Å²) in [4.78, 5) is 0. The summed E-state index contributed by atoms with van der Waals surface area (Å²) < 4.78 is 11.8. The summed E-state index contributed by atoms with van der Waals surface area (Å²) in [6.07, 6.45) is 11.8. The summed E-state index contributed by atoms with van der Waals surface area (Å²) >= 11 is 0. The van der Waals surface area contributed by atoms with Gasteiger partial charge in [-0.25, -0.2) is 0 Å². The third kappa shape index (κ3) is 2.94. The highest BCUT2D eigenvalue weighted by Gasteiger charge is 2.43. The standard InChI is InChI=1S/C13H24O2/c1-2-3-4-5-7-12-8-10-13(15-12)9-6-11-14-13/h12H,2-11H2,1H3. The van der Waals surface area contributed by atoms with Crippen LogP contribution in [0.1, 0.15) is 64.7 Å². The monoisotopic (exact) mass is 212 g/mol. The highest BCUT2D eigenvalue weighted by atomic mass is 16.7. The van der Waals surface area contributed by atoms with Crippen LogP contribution in [-0.2, 0) is 9.47 Å². The summed E-state index contributed by atoms with van der Waals surface area (Å²) in [5.74, 6) is -0.143. The molecule has 2 heteroatoms. The van der Waals surface area contributed by atoms with Gasteiger partial charge in [-0.15, -0.1) is 0 Å². The molecule has 0 aromatic carbocycles. The van der Waals surface area contributed by atoms with Crippen molar-refractivity contribution in [3.8, 4) is 0 Å². The van der Waals surface area contributed by atoms with Crippen LogP contribution >= 0.6 is 0 Å². The van der Waals surface area contributed by atoms with E-state index in [4.69, 9.17) is 9.47 Å². The number of unbranched alkanes of at least 4 members (excludes halogenated alkanes) is 3. The average Bonchev–Trinajstić information content (AvgIpc) is 2.85. The molecule has 1 spiro atoms. The van der Waals surface area contributed by atoms with E-state index in [0.717, 1.165) is 19.4 Å². The molecule has 88 valence electrons. The lowest BCUT2D eigenvalue weighted by Crippen LogP contribution is -2.27. The predicted octanol–water partition coefficient (Wildman–Crippen LogP) is 3.64. The zero-order valence-corrected chi connectivity index (χ0v) is 9.96. The molecule has 2 nitrogen and oxygen atoms in total. The molecule has 2 saturated heterocycles. The topological polar surface area (TPSA) is 18.5 Å². The van der Waals surface area contributed by atoms with Crippen LogP contribution in [0.15, 0.2) is 0 Å². The first-order valence-electron chi connectivity index (χ1n) is 6.66. The van der Waals surface area contributed by atoms with Crippen molar-refractivity contribution in [2.24, 2.45) is 0 Å². The maximum Gasteiger partial charge on any atom is 0.168 e. The third-order valence-corrected chi connectivity index (χ3v) is 3.68. The Morgan fingerprint density at radius 1 is 1.20 bits per heavy atom. The van der Waals surface area contributed by atoms with Gasteiger partial charge in [-0.05, 0) is 19.3 Å². The van der Waals surface area contributed by atoms with Gasteiger partial charge in [0.1, 0.15) is 0 Å². The van der Waals surface area contributed by atoms with Gasteiger partial charge in [0.05, 0.1) is 12.7 Å². The van der Waals surface area contributed by atoms with E-state index < -0.39 is 0 Å². The van der Waals surface area contributed by atoms with E-state index in [1.54, 1.807) is 0 Å². The van der Waals surface area contributed by atoms with Gasteiger partial charge in [0, 0.05) is 12.8 Å². The fourth-order valence-electron chi connectivity index (χ4n) is 2.77. The molecular weight excluding hydrogens is 188 g/mol. The van der Waals surface area contributed by atoms with Gasteiger partial charge in [0.25, 0.3) is 0 Å². The molecule has 2 aliphatic rings. The second-order valence-electron chi connectivity index (χ2n) is 4.99. The molecule has 2 fully saturated rings. The molecule has 2 rings (SSSR count). The van der Waals surface area contributed by atoms with Gasteiger partial charge >= 0.3 is 0 Å². The quantitative estimate of drug-likeness (QED) is 0.648. The van der Waals surface area contributed by atoms with Crippen LogP contribution in [0.2, 0.25) is 0 Å². The van der Waals surface area contributed by atoms with Gasteiger partial charge in [0.15, 0.2) is 5.79 Å². The van der Waals surface area contributed by atoms with E-state index in [9.17, 15) is 0 Å². The summed E-state index contributed by atoms with van der Waals surface area (Å²) in [7, 11) is 0. The highest BCUT2D eigenvalue weighted by molar-refractivity contribution is 4.84. The van der Waals surface area contributed by atoms with Crippen molar-refractivity contribution in [3.05, 3.63) is 0 Å². The van der Waals surface area contributed by atoms with E-state index in [1.807, 2.05) is 0 Å². The van der Waals surface area contributed by atoms with Crippen LogP contribution in [0.5, 0.6) is 0 Å². The lowest BCUT2D eigenvalue weighted by Gasteiger charge is -2.23. The van der Waals surface area contributed by atoms with Gasteiger partial charge in [-0.2, -0.15) is 0 Å². The number of hydrogen-bond acceptors (Lipinski definition) is 2. The van der Waals surface area contributed by atoms with Crippen LogP contribution in [0.4, 0.5) is 0 Å². The van der Waals surface area contributed by atoms with Crippen LogP contribution in [0, 0.1) is 0 Å². The largest absolute Gasteiger partial charge is 0.350 e. The zero-order chi connectivity index (χ0) is 10.6. The minimum absolute atomic E-state index is 0.143. The molecular formula is C13H24O2. The third-order valence-electron chi connectivity index (χ3n) is 3.68. The van der Waals surface area contributed by atoms with Crippen LogP contribution in [-0.4, -0.2) is 18.5 Å². The average molecular weight is 212 g/mol. The maximum absolute atomic E-state index is 6.07. The minimum Gasteiger partial charge on any atom is -0.350 e. The Morgan fingerprint density at radius 3 is 2.87 bits per heavy atom. The lowest BCUT2D eigenvalue weighted by atomic mass is 10.1. The van der Waals surface area contributed by atoms with Gasteiger partial charge in [-0.3, -0.25) is 0 Å². The number of rotatable bonds is 5. The van der Waals surface area contributed by atoms with E-state index >= 15 is 0 Å². The van der Waals surface area contributed by atoms with Crippen molar-refractivity contribution in [2.75, 3.05) is 6.61 Å². The van der Waals surface area contributed by atoms with Crippen LogP contribution in [0.3, 0.4) is 0 Å². The molecule has 0 aliphatic carbocycles. The molecule has 0 aromatic rings. The van der Waals surface area contributed by atoms with E-state index in [1.165, 1.54) is 44.9 Å². The second kappa shape index (κ2) is 5.31. The molecule has 0 radical (unpaired) electrons. The summed E-state index contributed by atoms with van der Waals surface area (Å²) in [5, 5.41) is 0. The molecule has 0 N–H and O–H groups in total. The predicted molar refractivity (Wildman–Crippen MR) is 60.8 cm³/mol. The molecule has 15 heavy (non-hydrogen) atoms. The Morgan fingerprint density at radius 2 is 2.13 bits per heavy atom. The Labute approximate surface area is 93.3 Å². The van der Waals surface area contributed by atoms with E-state index in [2.05, 4.69) is 6.92 Å². The van der Waals surface area contributed by atoms with Crippen molar-refractivity contribution in [1.29, 1.82) is 0 Å². The van der Waals surface area contributed by atoms with E-state index in [0.29, 0.717) is 6.10 Å². The zero-order valence-electron chi connectivity index (χ0n) is 9.96. The molecule has 2 heterocycles. The molecule has 0 aromatic heterocycles. The fourth-order valence-corrected chi connectivity index (χ4v) is 2.77. The molecule has 2 aliphatic heterocycles. The molecule has 0 bridgehead atoms. The number of hydrogen-bond donors (Lipinski definition) is 0. The summed E-state index contributed by atoms with van der Waals surface area (Å²) in [6.45, 7) is 3.16. The van der Waals surface area contributed by atoms with Crippen molar-refractivity contribution in [3.63, 3.8) is 0 Å². The smallest absolute Gasteiger partial charge is 0.168 e. The summed E-state index contributed by atoms with van der Waals surface area (Å²) in [6, 6.07) is 0. The number of ether oxygens (including phenoxy) is 2. The van der Waals surface area contributed by atoms with Gasteiger partial charge < -0.3 is 9.47 Å². The van der Waals surface area contributed by atoms with Gasteiger partial charge in [0.2, 0.25) is 0 Å². The molecule has 0 amide bonds. The maximum atomic E-state index is 6.07.